The summed E-state index contributed by atoms with van der Waals surface area (Å²) < 4.78 is 0. The third kappa shape index (κ3) is 2.69. The molecule has 80 valence electrons. The average Bonchev–Trinajstić information content (AvgIpc) is 2.35. The molecule has 16 heavy (non-hydrogen) atoms. The number of carbonyl (C=O) groups is 2. The highest BCUT2D eigenvalue weighted by molar-refractivity contribution is 6.40. The van der Waals surface area contributed by atoms with E-state index >= 15 is 0 Å². The average molecular weight is 216 g/mol. The zero-order chi connectivity index (χ0) is 12.0. The van der Waals surface area contributed by atoms with Crippen LogP contribution in [0.2, 0.25) is 0 Å². The Labute approximate surface area is 91.9 Å². The van der Waals surface area contributed by atoms with Crippen molar-refractivity contribution < 1.29 is 14.4 Å². The van der Waals surface area contributed by atoms with Gasteiger partial charge in [-0.15, -0.1) is 0 Å². The minimum Gasteiger partial charge on any atom is -0.378 e. The van der Waals surface area contributed by atoms with Gasteiger partial charge in [0.1, 0.15) is 6.07 Å². The molecule has 0 saturated heterocycles. The molecule has 5 heteroatoms. The molecule has 0 atom stereocenters. The zero-order valence-corrected chi connectivity index (χ0v) is 8.27. The Balaban J connectivity index is 2.69. The summed E-state index contributed by atoms with van der Waals surface area (Å²) in [4.78, 5) is 26.6. The number of benzene rings is 1. The van der Waals surface area contributed by atoms with Crippen LogP contribution in [0, 0.1) is 11.3 Å². The van der Waals surface area contributed by atoms with E-state index in [9.17, 15) is 9.59 Å². The van der Waals surface area contributed by atoms with Gasteiger partial charge in [-0.2, -0.15) is 10.7 Å². The van der Waals surface area contributed by atoms with Gasteiger partial charge in [0.15, 0.2) is 5.75 Å². The molecule has 5 nitrogen and oxygen atoms in total. The number of hydrogen-bond donors (Lipinski definition) is 1. The molecule has 0 spiro atoms. The van der Waals surface area contributed by atoms with Crippen LogP contribution in [0.4, 0.5) is 0 Å². The minimum absolute atomic E-state index is 0.176. The molecule has 0 unspecified atom stereocenters. The van der Waals surface area contributed by atoms with Crippen molar-refractivity contribution in [2.45, 2.75) is 0 Å². The topological polar surface area (TPSA) is 79.2 Å². The van der Waals surface area contributed by atoms with Gasteiger partial charge in [-0.25, -0.2) is 0 Å². The third-order valence-electron chi connectivity index (χ3n) is 1.67. The third-order valence-corrected chi connectivity index (χ3v) is 1.67. The van der Waals surface area contributed by atoms with E-state index in [0.717, 1.165) is 6.08 Å². The summed E-state index contributed by atoms with van der Waals surface area (Å²) in [6.45, 7) is 3.15. The lowest BCUT2D eigenvalue weighted by Crippen LogP contribution is -2.32. The lowest BCUT2D eigenvalue weighted by atomic mass is 10.2. The van der Waals surface area contributed by atoms with Crippen molar-refractivity contribution in [3.63, 3.8) is 0 Å². The second kappa shape index (κ2) is 5.32. The van der Waals surface area contributed by atoms with E-state index in [1.807, 2.05) is 11.5 Å². The molecule has 0 radical (unpaired) electrons. The van der Waals surface area contributed by atoms with Crippen LogP contribution < -0.4 is 10.3 Å². The van der Waals surface area contributed by atoms with E-state index in [-0.39, 0.29) is 11.3 Å². The molecule has 1 amide bonds. The van der Waals surface area contributed by atoms with E-state index in [1.165, 1.54) is 12.1 Å². The van der Waals surface area contributed by atoms with Crippen molar-refractivity contribution in [1.82, 2.24) is 5.48 Å². The highest BCUT2D eigenvalue weighted by Crippen LogP contribution is 2.15. The van der Waals surface area contributed by atoms with Gasteiger partial charge in [-0.3, -0.25) is 9.59 Å². The van der Waals surface area contributed by atoms with Crippen LogP contribution >= 0.6 is 0 Å². The smallest absolute Gasteiger partial charge is 0.324 e. The van der Waals surface area contributed by atoms with E-state index in [2.05, 4.69) is 6.58 Å². The first-order valence-corrected chi connectivity index (χ1v) is 4.31. The van der Waals surface area contributed by atoms with Gasteiger partial charge in [-0.1, -0.05) is 18.7 Å². The first-order valence-electron chi connectivity index (χ1n) is 4.31. The van der Waals surface area contributed by atoms with Gasteiger partial charge in [0.05, 0.1) is 5.56 Å². The molecule has 0 bridgehead atoms. The Morgan fingerprint density at radius 3 is 2.75 bits per heavy atom. The van der Waals surface area contributed by atoms with E-state index in [0.29, 0.717) is 0 Å². The molecular weight excluding hydrogens is 208 g/mol. The normalized spacial score (nSPS) is 8.69. The maximum absolute atomic E-state index is 11.0. The Hall–Kier alpha value is -2.61. The molecule has 1 rings (SSSR count). The second-order valence-corrected chi connectivity index (χ2v) is 2.71. The number of nitrogens with zero attached hydrogens (tertiary/aromatic N) is 1. The molecule has 0 aromatic heterocycles. The molecular formula is C11H8N2O3. The summed E-state index contributed by atoms with van der Waals surface area (Å²) in [5.41, 5.74) is 2.17. The second-order valence-electron chi connectivity index (χ2n) is 2.71. The molecule has 1 aromatic rings. The van der Waals surface area contributed by atoms with Crippen LogP contribution in [-0.2, 0) is 9.59 Å². The summed E-state index contributed by atoms with van der Waals surface area (Å²) in [6.07, 6.45) is 0.870. The van der Waals surface area contributed by atoms with Crippen LogP contribution in [-0.4, -0.2) is 11.7 Å². The molecule has 0 aliphatic heterocycles. The number of carbonyl (C=O) groups excluding carboxylic acids is 2. The van der Waals surface area contributed by atoms with Gasteiger partial charge >= 0.3 is 5.91 Å². The van der Waals surface area contributed by atoms with Crippen LogP contribution in [0.3, 0.4) is 0 Å². The van der Waals surface area contributed by atoms with E-state index < -0.39 is 11.7 Å². The van der Waals surface area contributed by atoms with Crippen molar-refractivity contribution in [1.29, 1.82) is 5.26 Å². The van der Waals surface area contributed by atoms with E-state index in [4.69, 9.17) is 10.1 Å². The predicted molar refractivity (Wildman–Crippen MR) is 55.1 cm³/mol. The fraction of sp³-hybridized carbons (Fsp3) is 0. The first-order chi connectivity index (χ1) is 7.69. The summed E-state index contributed by atoms with van der Waals surface area (Å²) in [5, 5.41) is 8.71. The van der Waals surface area contributed by atoms with Crippen molar-refractivity contribution in [3.8, 4) is 11.8 Å². The van der Waals surface area contributed by atoms with Crippen molar-refractivity contribution in [2.75, 3.05) is 0 Å². The van der Waals surface area contributed by atoms with Gasteiger partial charge in [0.2, 0.25) is 5.78 Å². The van der Waals surface area contributed by atoms with Crippen LogP contribution in [0.5, 0.6) is 5.75 Å². The van der Waals surface area contributed by atoms with Gasteiger partial charge < -0.3 is 4.84 Å². The first kappa shape index (κ1) is 11.5. The van der Waals surface area contributed by atoms with Crippen LogP contribution in [0.25, 0.3) is 0 Å². The lowest BCUT2D eigenvalue weighted by molar-refractivity contribution is -0.139. The Bertz CT molecular complexity index is 474. The fourth-order valence-corrected chi connectivity index (χ4v) is 0.892. The van der Waals surface area contributed by atoms with Crippen LogP contribution in [0.1, 0.15) is 5.56 Å². The highest BCUT2D eigenvalue weighted by Gasteiger charge is 2.10. The van der Waals surface area contributed by atoms with Crippen molar-refractivity contribution in [3.05, 3.63) is 42.5 Å². The fourth-order valence-electron chi connectivity index (χ4n) is 0.892. The summed E-state index contributed by atoms with van der Waals surface area (Å²) >= 11 is 0. The largest absolute Gasteiger partial charge is 0.378 e. The molecule has 0 fully saturated rings. The summed E-state index contributed by atoms with van der Waals surface area (Å²) in [7, 11) is 0. The Kier molecular flexibility index (Phi) is 3.81. The SMILES string of the molecule is C=CC(=O)C(=O)NOc1ccccc1C#N. The predicted octanol–water partition coefficient (Wildman–Crippen LogP) is 0.723. The number of hydroxylamine groups is 1. The van der Waals surface area contributed by atoms with E-state index in [1.54, 1.807) is 12.1 Å². The molecule has 1 aromatic carbocycles. The highest BCUT2D eigenvalue weighted by atomic mass is 16.7. The van der Waals surface area contributed by atoms with Gasteiger partial charge in [0.25, 0.3) is 0 Å². The number of amides is 1. The van der Waals surface area contributed by atoms with Crippen molar-refractivity contribution in [2.24, 2.45) is 0 Å². The number of para-hydroxylation sites is 1. The molecule has 0 aliphatic rings. The number of nitriles is 1. The lowest BCUT2D eigenvalue weighted by Gasteiger charge is -2.05. The monoisotopic (exact) mass is 216 g/mol. The van der Waals surface area contributed by atoms with Gasteiger partial charge in [0, 0.05) is 0 Å². The zero-order valence-electron chi connectivity index (χ0n) is 8.27. The Morgan fingerprint density at radius 2 is 2.12 bits per heavy atom. The molecule has 1 N–H and O–H groups in total. The molecule has 0 heterocycles. The number of hydrogen-bond acceptors (Lipinski definition) is 4. The number of rotatable bonds is 4. The maximum atomic E-state index is 11.0. The standard InChI is InChI=1S/C11H8N2O3/c1-2-9(14)11(15)13-16-10-6-4-3-5-8(10)7-12/h2-6H,1H2,(H,13,15). The minimum atomic E-state index is -0.942. The quantitative estimate of drug-likeness (QED) is 0.457. The molecule has 0 saturated carbocycles. The number of ketones is 1. The summed E-state index contributed by atoms with van der Waals surface area (Å²) in [5.74, 6) is -1.58. The maximum Gasteiger partial charge on any atom is 0.324 e. The number of nitrogens with one attached hydrogen (secondary N) is 1. The summed E-state index contributed by atoms with van der Waals surface area (Å²) in [6, 6.07) is 8.19. The molecule has 0 aliphatic carbocycles. The van der Waals surface area contributed by atoms with Crippen LogP contribution in [0.15, 0.2) is 36.9 Å². The Morgan fingerprint density at radius 1 is 1.44 bits per heavy atom. The van der Waals surface area contributed by atoms with Gasteiger partial charge in [-0.05, 0) is 18.2 Å². The van der Waals surface area contributed by atoms with Crippen molar-refractivity contribution >= 4 is 11.7 Å².